The second-order valence-electron chi connectivity index (χ2n) is 7.92. The van der Waals surface area contributed by atoms with Crippen molar-refractivity contribution in [2.45, 2.75) is 45.1 Å². The fraction of sp³-hybridized carbons (Fsp3) is 0.348. The second kappa shape index (κ2) is 7.30. The molecule has 1 atom stereocenters. The maximum absolute atomic E-state index is 12.5. The van der Waals surface area contributed by atoms with Gasteiger partial charge < -0.3 is 19.8 Å². The van der Waals surface area contributed by atoms with Gasteiger partial charge in [0.1, 0.15) is 0 Å². The summed E-state index contributed by atoms with van der Waals surface area (Å²) < 4.78 is 10.7. The fourth-order valence-electron chi connectivity index (χ4n) is 4.43. The minimum absolute atomic E-state index is 0.0881. The van der Waals surface area contributed by atoms with E-state index in [1.54, 1.807) is 0 Å². The average molecular weight is 411 g/mol. The number of carbonyl (C=O) groups excluding carboxylic acids is 1. The van der Waals surface area contributed by atoms with Crippen molar-refractivity contribution in [2.24, 2.45) is 0 Å². The minimum atomic E-state index is 0.0881. The van der Waals surface area contributed by atoms with Crippen molar-refractivity contribution < 1.29 is 14.3 Å². The number of benzene rings is 2. The molecule has 3 aromatic rings. The molecule has 6 heteroatoms. The number of nitrogens with one attached hydrogen (secondary N) is 2. The summed E-state index contributed by atoms with van der Waals surface area (Å²) in [5.41, 5.74) is 5.96. The zero-order valence-corrected chi connectivity index (χ0v) is 17.1. The zero-order chi connectivity index (χ0) is 20.0. The lowest BCUT2D eigenvalue weighted by molar-refractivity contribution is -0.121. The first kappa shape index (κ1) is 18.4. The minimum Gasteiger partial charge on any atom is -0.454 e. The summed E-state index contributed by atoms with van der Waals surface area (Å²) in [5.74, 6) is 1.62. The van der Waals surface area contributed by atoms with E-state index in [0.717, 1.165) is 52.4 Å². The van der Waals surface area contributed by atoms with E-state index >= 15 is 0 Å². The Bertz CT molecular complexity index is 1110. The standard InChI is InChI=1S/C23H23ClN2O3/c1-13-8-15(24)10-18-17-11-16(4-5-19(17)26-23(13)18)25-22(27)7-3-14-2-6-20-21(9-14)29-12-28-20/h2,6,8-10,16,26H,3-5,7,11-12H2,1H3,(H,25,27)/t16-/m1/s1. The monoisotopic (exact) mass is 410 g/mol. The van der Waals surface area contributed by atoms with Crippen LogP contribution in [0, 0.1) is 6.92 Å². The molecule has 2 aromatic carbocycles. The van der Waals surface area contributed by atoms with Gasteiger partial charge in [0, 0.05) is 34.1 Å². The summed E-state index contributed by atoms with van der Waals surface area (Å²) in [6, 6.07) is 10.0. The highest BCUT2D eigenvalue weighted by atomic mass is 35.5. The number of hydrogen-bond acceptors (Lipinski definition) is 3. The predicted octanol–water partition coefficient (Wildman–Crippen LogP) is 4.46. The third-order valence-electron chi connectivity index (χ3n) is 5.90. The first-order valence-corrected chi connectivity index (χ1v) is 10.4. The van der Waals surface area contributed by atoms with Gasteiger partial charge in [0.05, 0.1) is 0 Å². The van der Waals surface area contributed by atoms with Crippen LogP contribution in [0.3, 0.4) is 0 Å². The zero-order valence-electron chi connectivity index (χ0n) is 16.3. The lowest BCUT2D eigenvalue weighted by Gasteiger charge is -2.23. The average Bonchev–Trinajstić information content (AvgIpc) is 3.30. The first-order valence-electron chi connectivity index (χ1n) is 10.0. The van der Waals surface area contributed by atoms with E-state index < -0.39 is 0 Å². The smallest absolute Gasteiger partial charge is 0.231 e. The van der Waals surface area contributed by atoms with Gasteiger partial charge in [-0.2, -0.15) is 0 Å². The van der Waals surface area contributed by atoms with Gasteiger partial charge in [0.15, 0.2) is 11.5 Å². The maximum Gasteiger partial charge on any atom is 0.231 e. The third kappa shape index (κ3) is 3.55. The van der Waals surface area contributed by atoms with E-state index in [1.165, 1.54) is 16.6 Å². The van der Waals surface area contributed by atoms with Crippen LogP contribution in [0.5, 0.6) is 11.5 Å². The van der Waals surface area contributed by atoms with Gasteiger partial charge in [-0.25, -0.2) is 0 Å². The molecule has 0 bridgehead atoms. The van der Waals surface area contributed by atoms with Gasteiger partial charge in [0.25, 0.3) is 0 Å². The van der Waals surface area contributed by atoms with Crippen LogP contribution < -0.4 is 14.8 Å². The van der Waals surface area contributed by atoms with Crippen LogP contribution in [0.4, 0.5) is 0 Å². The summed E-state index contributed by atoms with van der Waals surface area (Å²) >= 11 is 6.28. The molecule has 1 aromatic heterocycles. The van der Waals surface area contributed by atoms with Crippen LogP contribution in [0.2, 0.25) is 5.02 Å². The highest BCUT2D eigenvalue weighted by molar-refractivity contribution is 6.31. The third-order valence-corrected chi connectivity index (χ3v) is 6.12. The Morgan fingerprint density at radius 3 is 3.00 bits per heavy atom. The van der Waals surface area contributed by atoms with Crippen molar-refractivity contribution in [3.63, 3.8) is 0 Å². The normalized spacial score (nSPS) is 17.4. The topological polar surface area (TPSA) is 63.4 Å². The molecule has 2 N–H and O–H groups in total. The Labute approximate surface area is 174 Å². The van der Waals surface area contributed by atoms with Crippen molar-refractivity contribution in [1.82, 2.24) is 10.3 Å². The van der Waals surface area contributed by atoms with E-state index in [0.29, 0.717) is 12.8 Å². The number of aromatic amines is 1. The Kier molecular flexibility index (Phi) is 4.63. The number of rotatable bonds is 4. The maximum atomic E-state index is 12.5. The van der Waals surface area contributed by atoms with Crippen molar-refractivity contribution >= 4 is 28.4 Å². The number of carbonyl (C=O) groups is 1. The molecular formula is C23H23ClN2O3. The number of hydrogen-bond donors (Lipinski definition) is 2. The van der Waals surface area contributed by atoms with E-state index in [-0.39, 0.29) is 18.7 Å². The summed E-state index contributed by atoms with van der Waals surface area (Å²) in [6.07, 6.45) is 3.87. The number of H-pyrrole nitrogens is 1. The number of amides is 1. The van der Waals surface area contributed by atoms with Gasteiger partial charge >= 0.3 is 0 Å². The Hall–Kier alpha value is -2.66. The van der Waals surface area contributed by atoms with Crippen LogP contribution in [0.1, 0.15) is 35.2 Å². The molecule has 5 nitrogen and oxygen atoms in total. The molecule has 0 radical (unpaired) electrons. The van der Waals surface area contributed by atoms with E-state index in [9.17, 15) is 4.79 Å². The predicted molar refractivity (Wildman–Crippen MR) is 113 cm³/mol. The largest absolute Gasteiger partial charge is 0.454 e. The van der Waals surface area contributed by atoms with Crippen LogP contribution >= 0.6 is 11.6 Å². The van der Waals surface area contributed by atoms with Crippen molar-refractivity contribution in [3.8, 4) is 11.5 Å². The molecule has 150 valence electrons. The number of fused-ring (bicyclic) bond motifs is 4. The number of ether oxygens (including phenoxy) is 2. The van der Waals surface area contributed by atoms with Crippen LogP contribution in [-0.2, 0) is 24.1 Å². The van der Waals surface area contributed by atoms with Crippen molar-refractivity contribution in [2.75, 3.05) is 6.79 Å². The second-order valence-corrected chi connectivity index (χ2v) is 8.36. The van der Waals surface area contributed by atoms with Crippen molar-refractivity contribution in [3.05, 3.63) is 57.7 Å². The number of halogens is 1. The SMILES string of the molecule is Cc1cc(Cl)cc2c3c([nH]c12)CC[C@@H](NC(=O)CCc1ccc2c(c1)OCO2)C3. The first-order chi connectivity index (χ1) is 14.1. The van der Waals surface area contributed by atoms with Crippen molar-refractivity contribution in [1.29, 1.82) is 0 Å². The van der Waals surface area contributed by atoms with Gasteiger partial charge in [-0.05, 0) is 73.6 Å². The molecule has 5 rings (SSSR count). The Balaban J connectivity index is 1.23. The van der Waals surface area contributed by atoms with Gasteiger partial charge in [-0.15, -0.1) is 0 Å². The molecular weight excluding hydrogens is 388 g/mol. The van der Waals surface area contributed by atoms with E-state index in [4.69, 9.17) is 21.1 Å². The van der Waals surface area contributed by atoms with Crippen LogP contribution in [-0.4, -0.2) is 23.7 Å². The summed E-state index contributed by atoms with van der Waals surface area (Å²) in [6.45, 7) is 2.34. The molecule has 0 saturated heterocycles. The van der Waals surface area contributed by atoms with Gasteiger partial charge in [-0.3, -0.25) is 4.79 Å². The molecule has 0 fully saturated rings. The van der Waals surface area contributed by atoms with Gasteiger partial charge in [-0.1, -0.05) is 17.7 Å². The number of aromatic nitrogens is 1. The highest BCUT2D eigenvalue weighted by Crippen LogP contribution is 2.34. The Morgan fingerprint density at radius 1 is 1.24 bits per heavy atom. The quantitative estimate of drug-likeness (QED) is 0.667. The van der Waals surface area contributed by atoms with E-state index in [1.807, 2.05) is 30.3 Å². The van der Waals surface area contributed by atoms with E-state index in [2.05, 4.69) is 17.2 Å². The highest BCUT2D eigenvalue weighted by Gasteiger charge is 2.24. The molecule has 2 aliphatic rings. The fourth-order valence-corrected chi connectivity index (χ4v) is 4.70. The molecule has 0 saturated carbocycles. The van der Waals surface area contributed by atoms with Crippen LogP contribution in [0.25, 0.3) is 10.9 Å². The Morgan fingerprint density at radius 2 is 2.10 bits per heavy atom. The van der Waals surface area contributed by atoms with Crippen LogP contribution in [0.15, 0.2) is 30.3 Å². The summed E-state index contributed by atoms with van der Waals surface area (Å²) in [4.78, 5) is 16.1. The molecule has 1 amide bonds. The number of aryl methyl sites for hydroxylation is 3. The summed E-state index contributed by atoms with van der Waals surface area (Å²) in [7, 11) is 0. The molecule has 2 heterocycles. The molecule has 29 heavy (non-hydrogen) atoms. The lowest BCUT2D eigenvalue weighted by atomic mass is 9.91. The lowest BCUT2D eigenvalue weighted by Crippen LogP contribution is -2.38. The molecule has 1 aliphatic heterocycles. The molecule has 0 unspecified atom stereocenters. The summed E-state index contributed by atoms with van der Waals surface area (Å²) in [5, 5.41) is 5.17. The molecule has 0 spiro atoms. The molecule has 1 aliphatic carbocycles. The van der Waals surface area contributed by atoms with Gasteiger partial charge in [0.2, 0.25) is 12.7 Å².